The number of rotatable bonds is 16. The molecule has 0 aliphatic carbocycles. The van der Waals surface area contributed by atoms with Gasteiger partial charge in [0.05, 0.1) is 20.3 Å². The molecule has 0 aliphatic heterocycles. The fraction of sp³-hybridized carbons (Fsp3) is 0.244. The number of hydrogen-bond donors (Lipinski definition) is 0. The van der Waals surface area contributed by atoms with Crippen LogP contribution >= 0.6 is 0 Å². The molecule has 0 spiro atoms. The highest BCUT2D eigenvalue weighted by atomic mass is 16.5. The molecule has 5 aromatic rings. The summed E-state index contributed by atoms with van der Waals surface area (Å²) in [7, 11) is 1.36. The van der Waals surface area contributed by atoms with Gasteiger partial charge in [0, 0.05) is 23.6 Å². The van der Waals surface area contributed by atoms with Gasteiger partial charge in [0.15, 0.2) is 0 Å². The minimum absolute atomic E-state index is 0.373. The summed E-state index contributed by atoms with van der Waals surface area (Å²) in [5.74, 6) is 3.03. The number of methoxy groups -OCH3 is 1. The number of para-hydroxylation sites is 1. The maximum absolute atomic E-state index is 12.3. The van der Waals surface area contributed by atoms with Crippen LogP contribution in [0, 0.1) is 0 Å². The topological polar surface area (TPSA) is 63.2 Å². The van der Waals surface area contributed by atoms with Crippen LogP contribution in [0.4, 0.5) is 0 Å². The molecule has 0 saturated carbocycles. The van der Waals surface area contributed by atoms with E-state index >= 15 is 0 Å². The van der Waals surface area contributed by atoms with Crippen LogP contribution in [-0.2, 0) is 24.2 Å². The Balaban J connectivity index is 1.27. The van der Waals surface area contributed by atoms with Gasteiger partial charge in [-0.15, -0.1) is 0 Å². The lowest BCUT2D eigenvalue weighted by molar-refractivity contribution is 0.0598. The van der Waals surface area contributed by atoms with Crippen molar-refractivity contribution in [1.29, 1.82) is 0 Å². The Morgan fingerprint density at radius 1 is 0.638 bits per heavy atom. The fourth-order valence-electron chi connectivity index (χ4n) is 5.36. The van der Waals surface area contributed by atoms with Crippen LogP contribution in [0.25, 0.3) is 11.1 Å². The molecular formula is C41H42O6. The standard InChI is InChI=1S/C41H42O6/c1-4-16-33-36(23-14-24-37(33)47-38-22-13-12-21-34(38)41(42)43-3)44-25-15-26-45-39-28-40(46-29-30-17-8-6-9-18-30)35(27-31(39)5-2)32-19-10-7-11-20-32/h6-14,17-24,27-28H,4-5,15-16,25-26,29H2,1-3H3. The van der Waals surface area contributed by atoms with E-state index in [1.54, 1.807) is 18.2 Å². The van der Waals surface area contributed by atoms with Crippen molar-refractivity contribution in [2.75, 3.05) is 20.3 Å². The van der Waals surface area contributed by atoms with Crippen molar-refractivity contribution in [3.05, 3.63) is 138 Å². The van der Waals surface area contributed by atoms with Crippen LogP contribution in [0.3, 0.4) is 0 Å². The molecule has 0 aromatic heterocycles. The predicted octanol–water partition coefficient (Wildman–Crippen LogP) is 9.87. The Morgan fingerprint density at radius 3 is 2.02 bits per heavy atom. The van der Waals surface area contributed by atoms with Crippen molar-refractivity contribution >= 4 is 5.97 Å². The van der Waals surface area contributed by atoms with Gasteiger partial charge in [0.25, 0.3) is 0 Å². The molecule has 0 bridgehead atoms. The Labute approximate surface area is 277 Å². The zero-order valence-electron chi connectivity index (χ0n) is 27.4. The lowest BCUT2D eigenvalue weighted by Crippen LogP contribution is -2.08. The minimum atomic E-state index is -0.444. The second-order valence-electron chi connectivity index (χ2n) is 11.1. The molecule has 0 atom stereocenters. The quantitative estimate of drug-likeness (QED) is 0.0799. The van der Waals surface area contributed by atoms with E-state index in [0.29, 0.717) is 43.3 Å². The Kier molecular flexibility index (Phi) is 11.9. The minimum Gasteiger partial charge on any atom is -0.493 e. The van der Waals surface area contributed by atoms with E-state index in [1.807, 2.05) is 66.7 Å². The van der Waals surface area contributed by atoms with Crippen LogP contribution in [0.2, 0.25) is 0 Å². The Hall–Kier alpha value is -5.23. The van der Waals surface area contributed by atoms with Crippen LogP contribution in [0.15, 0.2) is 115 Å². The van der Waals surface area contributed by atoms with Gasteiger partial charge in [-0.25, -0.2) is 4.79 Å². The zero-order valence-corrected chi connectivity index (χ0v) is 27.4. The molecule has 0 amide bonds. The number of ether oxygens (including phenoxy) is 5. The molecule has 242 valence electrons. The first-order chi connectivity index (χ1) is 23.1. The first kappa shape index (κ1) is 33.1. The molecule has 6 heteroatoms. The largest absolute Gasteiger partial charge is 0.493 e. The van der Waals surface area contributed by atoms with Crippen LogP contribution in [0.5, 0.6) is 28.7 Å². The third-order valence-electron chi connectivity index (χ3n) is 7.77. The molecule has 0 heterocycles. The highest BCUT2D eigenvalue weighted by molar-refractivity contribution is 5.92. The molecule has 0 aliphatic rings. The van der Waals surface area contributed by atoms with E-state index in [4.69, 9.17) is 23.7 Å². The maximum Gasteiger partial charge on any atom is 0.341 e. The molecule has 0 N–H and O–H groups in total. The third-order valence-corrected chi connectivity index (χ3v) is 7.77. The summed E-state index contributed by atoms with van der Waals surface area (Å²) in [6.07, 6.45) is 3.19. The molecule has 47 heavy (non-hydrogen) atoms. The number of esters is 1. The summed E-state index contributed by atoms with van der Waals surface area (Å²) < 4.78 is 30.2. The van der Waals surface area contributed by atoms with Crippen molar-refractivity contribution in [3.63, 3.8) is 0 Å². The zero-order chi connectivity index (χ0) is 32.8. The van der Waals surface area contributed by atoms with E-state index in [0.717, 1.165) is 64.3 Å². The van der Waals surface area contributed by atoms with Crippen LogP contribution < -0.4 is 18.9 Å². The normalized spacial score (nSPS) is 10.7. The molecule has 0 radical (unpaired) electrons. The smallest absolute Gasteiger partial charge is 0.341 e. The summed E-state index contributed by atoms with van der Waals surface area (Å²) in [4.78, 5) is 12.3. The maximum atomic E-state index is 12.3. The first-order valence-electron chi connectivity index (χ1n) is 16.2. The average molecular weight is 631 g/mol. The lowest BCUT2D eigenvalue weighted by atomic mass is 10.00. The van der Waals surface area contributed by atoms with Crippen molar-refractivity contribution < 1.29 is 28.5 Å². The number of carbonyl (C=O) groups is 1. The third kappa shape index (κ3) is 8.73. The van der Waals surface area contributed by atoms with Crippen LogP contribution in [0.1, 0.15) is 53.7 Å². The van der Waals surface area contributed by atoms with Gasteiger partial charge < -0.3 is 23.7 Å². The summed E-state index contributed by atoms with van der Waals surface area (Å²) in [6, 6.07) is 37.5. The molecule has 6 nitrogen and oxygen atoms in total. The van der Waals surface area contributed by atoms with E-state index in [2.05, 4.69) is 44.2 Å². The van der Waals surface area contributed by atoms with E-state index < -0.39 is 5.97 Å². The number of carbonyl (C=O) groups excluding carboxylic acids is 1. The van der Waals surface area contributed by atoms with Gasteiger partial charge >= 0.3 is 5.97 Å². The number of aryl methyl sites for hydroxylation is 1. The monoisotopic (exact) mass is 630 g/mol. The van der Waals surface area contributed by atoms with Gasteiger partial charge in [0.1, 0.15) is 40.9 Å². The van der Waals surface area contributed by atoms with E-state index in [9.17, 15) is 4.79 Å². The van der Waals surface area contributed by atoms with Crippen molar-refractivity contribution in [2.24, 2.45) is 0 Å². The van der Waals surface area contributed by atoms with E-state index in [-0.39, 0.29) is 0 Å². The first-order valence-corrected chi connectivity index (χ1v) is 16.2. The lowest BCUT2D eigenvalue weighted by Gasteiger charge is -2.18. The number of benzene rings is 5. The molecular weight excluding hydrogens is 588 g/mol. The summed E-state index contributed by atoms with van der Waals surface area (Å²) in [6.45, 7) is 5.68. The van der Waals surface area contributed by atoms with Crippen molar-refractivity contribution in [1.82, 2.24) is 0 Å². The summed E-state index contributed by atoms with van der Waals surface area (Å²) in [5.41, 5.74) is 5.72. The van der Waals surface area contributed by atoms with Gasteiger partial charge in [-0.1, -0.05) is 99.1 Å². The summed E-state index contributed by atoms with van der Waals surface area (Å²) >= 11 is 0. The molecule has 0 fully saturated rings. The van der Waals surface area contributed by atoms with Gasteiger partial charge in [-0.3, -0.25) is 0 Å². The van der Waals surface area contributed by atoms with Crippen molar-refractivity contribution in [3.8, 4) is 39.9 Å². The molecule has 0 unspecified atom stereocenters. The molecule has 0 saturated heterocycles. The van der Waals surface area contributed by atoms with Gasteiger partial charge in [-0.2, -0.15) is 0 Å². The number of hydrogen-bond acceptors (Lipinski definition) is 6. The molecule has 5 rings (SSSR count). The highest BCUT2D eigenvalue weighted by Gasteiger charge is 2.17. The average Bonchev–Trinajstić information content (AvgIpc) is 3.12. The van der Waals surface area contributed by atoms with Crippen LogP contribution in [-0.4, -0.2) is 26.3 Å². The van der Waals surface area contributed by atoms with Gasteiger partial charge in [-0.05, 0) is 59.9 Å². The summed E-state index contributed by atoms with van der Waals surface area (Å²) in [5, 5.41) is 0. The van der Waals surface area contributed by atoms with E-state index in [1.165, 1.54) is 7.11 Å². The highest BCUT2D eigenvalue weighted by Crippen LogP contribution is 2.38. The predicted molar refractivity (Wildman–Crippen MR) is 186 cm³/mol. The van der Waals surface area contributed by atoms with Gasteiger partial charge in [0.2, 0.25) is 0 Å². The second-order valence-corrected chi connectivity index (χ2v) is 11.1. The Bertz CT molecular complexity index is 1730. The molecule has 5 aromatic carbocycles. The van der Waals surface area contributed by atoms with Crippen molar-refractivity contribution in [2.45, 2.75) is 46.1 Å². The fourth-order valence-corrected chi connectivity index (χ4v) is 5.36. The second kappa shape index (κ2) is 16.9. The Morgan fingerprint density at radius 2 is 1.30 bits per heavy atom. The SMILES string of the molecule is CCCc1c(OCCCOc2cc(OCc3ccccc3)c(-c3ccccc3)cc2CC)cccc1Oc1ccccc1C(=O)OC.